The first-order valence-corrected chi connectivity index (χ1v) is 4.09. The van der Waals surface area contributed by atoms with Crippen LogP contribution >= 0.6 is 0 Å². The minimum absolute atomic E-state index is 0.0924. The van der Waals surface area contributed by atoms with Crippen LogP contribution in [0.1, 0.15) is 18.0 Å². The molecule has 1 atom stereocenters. The molecular formula is C9H9F2NO. The van der Waals surface area contributed by atoms with Crippen molar-refractivity contribution < 1.29 is 13.6 Å². The van der Waals surface area contributed by atoms with Crippen LogP contribution in [0.15, 0.2) is 18.2 Å². The van der Waals surface area contributed by atoms with E-state index in [1.165, 1.54) is 12.1 Å². The first-order chi connectivity index (χ1) is 6.25. The van der Waals surface area contributed by atoms with Gasteiger partial charge in [0.05, 0.1) is 12.6 Å². The molecule has 4 heteroatoms. The van der Waals surface area contributed by atoms with Gasteiger partial charge in [-0.25, -0.2) is 8.78 Å². The molecule has 1 heterocycles. The van der Waals surface area contributed by atoms with E-state index < -0.39 is 11.6 Å². The lowest BCUT2D eigenvalue weighted by Crippen LogP contribution is -2.11. The predicted molar refractivity (Wildman–Crippen MR) is 42.8 cm³/mol. The first kappa shape index (κ1) is 8.59. The topological polar surface area (TPSA) is 21.3 Å². The minimum atomic E-state index is -0.552. The monoisotopic (exact) mass is 185 g/mol. The second-order valence-corrected chi connectivity index (χ2v) is 3.01. The minimum Gasteiger partial charge on any atom is -0.301 e. The lowest BCUT2D eigenvalue weighted by atomic mass is 10.1. The molecule has 13 heavy (non-hydrogen) atoms. The normalized spacial score (nSPS) is 22.2. The lowest BCUT2D eigenvalue weighted by Gasteiger charge is -2.08. The SMILES string of the molecule is Fc1cc(F)cc([C@@H]2CCON2)c1. The van der Waals surface area contributed by atoms with Gasteiger partial charge in [-0.1, -0.05) is 0 Å². The molecule has 0 radical (unpaired) electrons. The van der Waals surface area contributed by atoms with Gasteiger partial charge in [0.25, 0.3) is 0 Å². The maximum absolute atomic E-state index is 12.8. The van der Waals surface area contributed by atoms with Crippen LogP contribution in [0.3, 0.4) is 0 Å². The fraction of sp³-hybridized carbons (Fsp3) is 0.333. The van der Waals surface area contributed by atoms with E-state index in [0.717, 1.165) is 12.5 Å². The highest BCUT2D eigenvalue weighted by Crippen LogP contribution is 2.22. The van der Waals surface area contributed by atoms with Gasteiger partial charge in [0.1, 0.15) is 11.6 Å². The molecule has 1 N–H and O–H groups in total. The highest BCUT2D eigenvalue weighted by Gasteiger charge is 2.18. The van der Waals surface area contributed by atoms with Crippen LogP contribution in [0.2, 0.25) is 0 Å². The van der Waals surface area contributed by atoms with Crippen molar-refractivity contribution in [3.63, 3.8) is 0 Å². The summed E-state index contributed by atoms with van der Waals surface area (Å²) in [6.45, 7) is 0.572. The Bertz CT molecular complexity index is 290. The molecule has 1 fully saturated rings. The Morgan fingerprint density at radius 1 is 1.23 bits per heavy atom. The van der Waals surface area contributed by atoms with Crippen LogP contribution in [0.25, 0.3) is 0 Å². The molecule has 1 aromatic carbocycles. The van der Waals surface area contributed by atoms with Gasteiger partial charge in [-0.05, 0) is 24.1 Å². The van der Waals surface area contributed by atoms with Gasteiger partial charge in [0.15, 0.2) is 0 Å². The number of rotatable bonds is 1. The van der Waals surface area contributed by atoms with Crippen molar-refractivity contribution in [1.82, 2.24) is 5.48 Å². The number of benzene rings is 1. The maximum atomic E-state index is 12.8. The summed E-state index contributed by atoms with van der Waals surface area (Å²) < 4.78 is 25.5. The summed E-state index contributed by atoms with van der Waals surface area (Å²) in [6.07, 6.45) is 0.739. The van der Waals surface area contributed by atoms with Crippen molar-refractivity contribution in [2.24, 2.45) is 0 Å². The van der Waals surface area contributed by atoms with E-state index in [4.69, 9.17) is 4.84 Å². The second-order valence-electron chi connectivity index (χ2n) is 3.01. The Morgan fingerprint density at radius 2 is 1.92 bits per heavy atom. The number of hydroxylamine groups is 1. The van der Waals surface area contributed by atoms with Crippen LogP contribution in [0, 0.1) is 11.6 Å². The molecule has 1 aliphatic rings. The summed E-state index contributed by atoms with van der Waals surface area (Å²) in [4.78, 5) is 4.90. The van der Waals surface area contributed by atoms with E-state index in [1.54, 1.807) is 0 Å². The molecule has 0 amide bonds. The van der Waals surface area contributed by atoms with E-state index in [-0.39, 0.29) is 6.04 Å². The second kappa shape index (κ2) is 3.40. The Labute approximate surface area is 74.5 Å². The van der Waals surface area contributed by atoms with Crippen molar-refractivity contribution in [2.45, 2.75) is 12.5 Å². The standard InChI is InChI=1S/C9H9F2NO/c10-7-3-6(4-8(11)5-7)9-1-2-13-12-9/h3-5,9,12H,1-2H2/t9-/m0/s1. The molecule has 1 aliphatic heterocycles. The Kier molecular flexibility index (Phi) is 2.24. The van der Waals surface area contributed by atoms with Gasteiger partial charge < -0.3 is 4.84 Å². The molecule has 2 rings (SSSR count). The Balaban J connectivity index is 2.28. The van der Waals surface area contributed by atoms with Crippen molar-refractivity contribution in [3.05, 3.63) is 35.4 Å². The van der Waals surface area contributed by atoms with Gasteiger partial charge in [-0.3, -0.25) is 0 Å². The van der Waals surface area contributed by atoms with Crippen molar-refractivity contribution in [2.75, 3.05) is 6.61 Å². The molecule has 70 valence electrons. The Morgan fingerprint density at radius 3 is 2.46 bits per heavy atom. The van der Waals surface area contributed by atoms with E-state index in [0.29, 0.717) is 12.2 Å². The maximum Gasteiger partial charge on any atom is 0.126 e. The zero-order valence-corrected chi connectivity index (χ0v) is 6.89. The molecule has 0 unspecified atom stereocenters. The van der Waals surface area contributed by atoms with Crippen LogP contribution in [0.5, 0.6) is 0 Å². The molecule has 0 aromatic heterocycles. The van der Waals surface area contributed by atoms with Crippen molar-refractivity contribution >= 4 is 0 Å². The van der Waals surface area contributed by atoms with E-state index in [9.17, 15) is 8.78 Å². The molecule has 0 spiro atoms. The van der Waals surface area contributed by atoms with Crippen LogP contribution in [0.4, 0.5) is 8.78 Å². The molecule has 0 saturated carbocycles. The average Bonchev–Trinajstić information content (AvgIpc) is 2.53. The summed E-state index contributed by atoms with van der Waals surface area (Å²) in [7, 11) is 0. The zero-order valence-electron chi connectivity index (χ0n) is 6.89. The quantitative estimate of drug-likeness (QED) is 0.721. The van der Waals surface area contributed by atoms with Gasteiger partial charge in [0.2, 0.25) is 0 Å². The number of hydrogen-bond acceptors (Lipinski definition) is 2. The average molecular weight is 185 g/mol. The third kappa shape index (κ3) is 1.84. The molecule has 0 aliphatic carbocycles. The summed E-state index contributed by atoms with van der Waals surface area (Å²) in [5.41, 5.74) is 3.29. The van der Waals surface area contributed by atoms with E-state index in [1.807, 2.05) is 0 Å². The lowest BCUT2D eigenvalue weighted by molar-refractivity contribution is 0.0882. The number of halogens is 2. The third-order valence-electron chi connectivity index (χ3n) is 2.02. The summed E-state index contributed by atoms with van der Waals surface area (Å²) >= 11 is 0. The molecule has 2 nitrogen and oxygen atoms in total. The number of hydrogen-bond donors (Lipinski definition) is 1. The van der Waals surface area contributed by atoms with Gasteiger partial charge >= 0.3 is 0 Å². The summed E-state index contributed by atoms with van der Waals surface area (Å²) in [5.74, 6) is -1.10. The highest BCUT2D eigenvalue weighted by atomic mass is 19.1. The van der Waals surface area contributed by atoms with Gasteiger partial charge in [-0.2, -0.15) is 5.48 Å². The molecule has 1 aromatic rings. The fourth-order valence-electron chi connectivity index (χ4n) is 1.41. The number of nitrogens with one attached hydrogen (secondary N) is 1. The molecule has 1 saturated heterocycles. The van der Waals surface area contributed by atoms with E-state index >= 15 is 0 Å². The van der Waals surface area contributed by atoms with Crippen LogP contribution in [-0.4, -0.2) is 6.61 Å². The highest BCUT2D eigenvalue weighted by molar-refractivity contribution is 5.21. The smallest absolute Gasteiger partial charge is 0.126 e. The van der Waals surface area contributed by atoms with Crippen molar-refractivity contribution in [1.29, 1.82) is 0 Å². The first-order valence-electron chi connectivity index (χ1n) is 4.09. The zero-order chi connectivity index (χ0) is 9.26. The van der Waals surface area contributed by atoms with Crippen molar-refractivity contribution in [3.8, 4) is 0 Å². The van der Waals surface area contributed by atoms with E-state index in [2.05, 4.69) is 5.48 Å². The fourth-order valence-corrected chi connectivity index (χ4v) is 1.41. The van der Waals surface area contributed by atoms with Crippen LogP contribution in [-0.2, 0) is 4.84 Å². The predicted octanol–water partition coefficient (Wildman–Crippen LogP) is 1.93. The largest absolute Gasteiger partial charge is 0.301 e. The third-order valence-corrected chi connectivity index (χ3v) is 2.02. The molecule has 0 bridgehead atoms. The van der Waals surface area contributed by atoms with Crippen LogP contribution < -0.4 is 5.48 Å². The molecular weight excluding hydrogens is 176 g/mol. The van der Waals surface area contributed by atoms with Gasteiger partial charge in [0, 0.05) is 6.07 Å². The summed E-state index contributed by atoms with van der Waals surface area (Å²) in [6, 6.07) is 3.40. The Hall–Kier alpha value is -1.00. The van der Waals surface area contributed by atoms with Gasteiger partial charge in [-0.15, -0.1) is 0 Å². The summed E-state index contributed by atoms with van der Waals surface area (Å²) in [5, 5.41) is 0.